The Hall–Kier alpha value is -2.62. The van der Waals surface area contributed by atoms with E-state index in [1.807, 2.05) is 83.1 Å². The molecule has 0 bridgehead atoms. The Morgan fingerprint density at radius 2 is 1.38 bits per heavy atom. The van der Waals surface area contributed by atoms with Gasteiger partial charge in [-0.3, -0.25) is 9.69 Å². The molecule has 0 unspecified atom stereocenters. The molecule has 0 spiro atoms. The topological polar surface area (TPSA) is 46.6 Å². The highest BCUT2D eigenvalue weighted by Crippen LogP contribution is 2.26. The lowest BCUT2D eigenvalue weighted by molar-refractivity contribution is -0.157. The molecule has 4 nitrogen and oxygen atoms in total. The predicted octanol–water partition coefficient (Wildman–Crippen LogP) is 4.70. The summed E-state index contributed by atoms with van der Waals surface area (Å²) >= 11 is 0. The molecule has 0 saturated carbocycles. The third-order valence-corrected chi connectivity index (χ3v) is 3.83. The Balaban J connectivity index is 2.50. The number of benzene rings is 2. The van der Waals surface area contributed by atoms with Crippen LogP contribution in [0.1, 0.15) is 45.0 Å². The number of anilines is 1. The Bertz CT molecular complexity index is 733. The minimum Gasteiger partial charge on any atom is -0.458 e. The van der Waals surface area contributed by atoms with Gasteiger partial charge in [-0.25, -0.2) is 4.79 Å². The van der Waals surface area contributed by atoms with E-state index in [1.54, 1.807) is 17.0 Å². The zero-order chi connectivity index (χ0) is 19.3. The van der Waals surface area contributed by atoms with Crippen molar-refractivity contribution in [1.29, 1.82) is 0 Å². The smallest absolute Gasteiger partial charge is 0.330 e. The molecule has 2 rings (SSSR count). The van der Waals surface area contributed by atoms with Crippen LogP contribution in [-0.2, 0) is 9.53 Å². The number of amides is 1. The molecule has 0 N–H and O–H groups in total. The lowest BCUT2D eigenvalue weighted by atomic mass is 9.99. The SMILES string of the molecule is CC(C)[C@@H](C(=O)OC(C)(C)C)N(C(=O)c1ccccc1)c1ccccc1. The molecule has 1 atom stereocenters. The van der Waals surface area contributed by atoms with Crippen LogP contribution in [0, 0.1) is 5.92 Å². The first kappa shape index (κ1) is 19.7. The number of carbonyl (C=O) groups excluding carboxylic acids is 2. The summed E-state index contributed by atoms with van der Waals surface area (Å²) in [5.41, 5.74) is 0.582. The van der Waals surface area contributed by atoms with E-state index in [-0.39, 0.29) is 11.8 Å². The summed E-state index contributed by atoms with van der Waals surface area (Å²) in [4.78, 5) is 27.8. The molecule has 0 heterocycles. The standard InChI is InChI=1S/C22H27NO3/c1-16(2)19(21(25)26-22(3,4)5)23(18-14-10-7-11-15-18)20(24)17-12-8-6-9-13-17/h6-16,19H,1-5H3/t19-/m0/s1. The van der Waals surface area contributed by atoms with Gasteiger partial charge >= 0.3 is 5.97 Å². The summed E-state index contributed by atoms with van der Waals surface area (Å²) in [5, 5.41) is 0. The van der Waals surface area contributed by atoms with Crippen LogP contribution in [0.5, 0.6) is 0 Å². The summed E-state index contributed by atoms with van der Waals surface area (Å²) in [7, 11) is 0. The molecule has 0 aliphatic carbocycles. The number of ether oxygens (including phenoxy) is 1. The monoisotopic (exact) mass is 353 g/mol. The fourth-order valence-electron chi connectivity index (χ4n) is 2.75. The molecule has 0 fully saturated rings. The Labute approximate surface area is 155 Å². The first-order valence-electron chi connectivity index (χ1n) is 8.87. The van der Waals surface area contributed by atoms with Gasteiger partial charge in [-0.2, -0.15) is 0 Å². The number of para-hydroxylation sites is 1. The Kier molecular flexibility index (Phi) is 6.19. The highest BCUT2D eigenvalue weighted by molar-refractivity contribution is 6.09. The second kappa shape index (κ2) is 8.17. The van der Waals surface area contributed by atoms with Crippen molar-refractivity contribution in [2.45, 2.75) is 46.3 Å². The second-order valence-electron chi connectivity index (χ2n) is 7.60. The molecule has 2 aromatic carbocycles. The summed E-state index contributed by atoms with van der Waals surface area (Å²) in [5.74, 6) is -0.736. The van der Waals surface area contributed by atoms with E-state index < -0.39 is 17.6 Å². The molecular formula is C22H27NO3. The van der Waals surface area contributed by atoms with E-state index in [2.05, 4.69) is 0 Å². The maximum atomic E-state index is 13.3. The Morgan fingerprint density at radius 1 is 0.885 bits per heavy atom. The van der Waals surface area contributed by atoms with Crippen LogP contribution < -0.4 is 4.90 Å². The van der Waals surface area contributed by atoms with Crippen molar-refractivity contribution in [3.63, 3.8) is 0 Å². The number of hydrogen-bond acceptors (Lipinski definition) is 3. The van der Waals surface area contributed by atoms with Crippen LogP contribution >= 0.6 is 0 Å². The summed E-state index contributed by atoms with van der Waals surface area (Å²) in [6.07, 6.45) is 0. The summed E-state index contributed by atoms with van der Waals surface area (Å²) in [6, 6.07) is 17.5. The average Bonchev–Trinajstić information content (AvgIpc) is 2.58. The van der Waals surface area contributed by atoms with E-state index in [0.29, 0.717) is 11.3 Å². The van der Waals surface area contributed by atoms with Gasteiger partial charge in [0.25, 0.3) is 5.91 Å². The predicted molar refractivity (Wildman–Crippen MR) is 104 cm³/mol. The maximum Gasteiger partial charge on any atom is 0.330 e. The van der Waals surface area contributed by atoms with Gasteiger partial charge in [-0.05, 0) is 51.0 Å². The third-order valence-electron chi connectivity index (χ3n) is 3.83. The zero-order valence-corrected chi connectivity index (χ0v) is 16.1. The molecular weight excluding hydrogens is 326 g/mol. The third kappa shape index (κ3) is 4.94. The molecule has 0 radical (unpaired) electrons. The number of hydrogen-bond donors (Lipinski definition) is 0. The molecule has 0 saturated heterocycles. The summed E-state index contributed by atoms with van der Waals surface area (Å²) in [6.45, 7) is 9.32. The van der Waals surface area contributed by atoms with Crippen LogP contribution in [0.3, 0.4) is 0 Å². The van der Waals surface area contributed by atoms with E-state index in [9.17, 15) is 9.59 Å². The molecule has 0 aliphatic rings. The van der Waals surface area contributed by atoms with E-state index in [4.69, 9.17) is 4.74 Å². The van der Waals surface area contributed by atoms with E-state index in [0.717, 1.165) is 0 Å². The van der Waals surface area contributed by atoms with Crippen molar-refractivity contribution in [2.24, 2.45) is 5.92 Å². The fourth-order valence-corrected chi connectivity index (χ4v) is 2.75. The molecule has 4 heteroatoms. The van der Waals surface area contributed by atoms with Crippen molar-refractivity contribution < 1.29 is 14.3 Å². The average molecular weight is 353 g/mol. The maximum absolute atomic E-state index is 13.3. The van der Waals surface area contributed by atoms with Gasteiger partial charge in [0.1, 0.15) is 11.6 Å². The van der Waals surface area contributed by atoms with Gasteiger partial charge in [0.2, 0.25) is 0 Å². The van der Waals surface area contributed by atoms with Gasteiger partial charge in [0.05, 0.1) is 0 Å². The summed E-state index contributed by atoms with van der Waals surface area (Å²) < 4.78 is 5.62. The minimum atomic E-state index is -0.718. The zero-order valence-electron chi connectivity index (χ0n) is 16.1. The largest absolute Gasteiger partial charge is 0.458 e. The lowest BCUT2D eigenvalue weighted by Gasteiger charge is -2.35. The van der Waals surface area contributed by atoms with E-state index >= 15 is 0 Å². The molecule has 26 heavy (non-hydrogen) atoms. The number of nitrogens with zero attached hydrogens (tertiary/aromatic N) is 1. The highest BCUT2D eigenvalue weighted by atomic mass is 16.6. The molecule has 0 aromatic heterocycles. The Morgan fingerprint density at radius 3 is 1.85 bits per heavy atom. The lowest BCUT2D eigenvalue weighted by Crippen LogP contribution is -2.50. The normalized spacial score (nSPS) is 12.5. The van der Waals surface area contributed by atoms with Crippen LogP contribution in [0.2, 0.25) is 0 Å². The number of esters is 1. The first-order chi connectivity index (χ1) is 12.2. The number of carbonyl (C=O) groups is 2. The molecule has 0 aliphatic heterocycles. The molecule has 2 aromatic rings. The molecule has 1 amide bonds. The van der Waals surface area contributed by atoms with Gasteiger partial charge in [0, 0.05) is 11.3 Å². The van der Waals surface area contributed by atoms with Crippen molar-refractivity contribution in [3.8, 4) is 0 Å². The van der Waals surface area contributed by atoms with Gasteiger partial charge < -0.3 is 4.74 Å². The highest BCUT2D eigenvalue weighted by Gasteiger charge is 2.37. The van der Waals surface area contributed by atoms with Crippen molar-refractivity contribution in [3.05, 3.63) is 66.2 Å². The quantitative estimate of drug-likeness (QED) is 0.732. The first-order valence-corrected chi connectivity index (χ1v) is 8.87. The van der Waals surface area contributed by atoms with Crippen molar-refractivity contribution in [1.82, 2.24) is 0 Å². The fraction of sp³-hybridized carbons (Fsp3) is 0.364. The van der Waals surface area contributed by atoms with Crippen molar-refractivity contribution in [2.75, 3.05) is 4.90 Å². The van der Waals surface area contributed by atoms with E-state index in [1.165, 1.54) is 0 Å². The van der Waals surface area contributed by atoms with Crippen LogP contribution in [-0.4, -0.2) is 23.5 Å². The minimum absolute atomic E-state index is 0.113. The van der Waals surface area contributed by atoms with Crippen LogP contribution in [0.25, 0.3) is 0 Å². The van der Waals surface area contributed by atoms with Gasteiger partial charge in [-0.15, -0.1) is 0 Å². The second-order valence-corrected chi connectivity index (χ2v) is 7.60. The molecule has 138 valence electrons. The van der Waals surface area contributed by atoms with Gasteiger partial charge in [-0.1, -0.05) is 50.2 Å². The van der Waals surface area contributed by atoms with Crippen molar-refractivity contribution >= 4 is 17.6 Å². The van der Waals surface area contributed by atoms with Crippen LogP contribution in [0.15, 0.2) is 60.7 Å². The van der Waals surface area contributed by atoms with Gasteiger partial charge in [0.15, 0.2) is 0 Å². The number of rotatable bonds is 5. The van der Waals surface area contributed by atoms with Crippen LogP contribution in [0.4, 0.5) is 5.69 Å².